The maximum Gasteiger partial charge on any atom is 0.419 e. The van der Waals surface area contributed by atoms with Gasteiger partial charge < -0.3 is 5.11 Å². The van der Waals surface area contributed by atoms with Crippen LogP contribution in [0.4, 0.5) is 18.9 Å². The van der Waals surface area contributed by atoms with Crippen molar-refractivity contribution in [1.82, 2.24) is 5.43 Å². The number of nitrogens with zero attached hydrogens (tertiary/aromatic N) is 2. The molecule has 0 saturated carbocycles. The second kappa shape index (κ2) is 6.99. The van der Waals surface area contributed by atoms with Crippen molar-refractivity contribution in [2.45, 2.75) is 6.18 Å². The van der Waals surface area contributed by atoms with E-state index in [-0.39, 0.29) is 16.8 Å². The molecule has 0 heterocycles. The van der Waals surface area contributed by atoms with Gasteiger partial charge in [0.25, 0.3) is 11.6 Å². The van der Waals surface area contributed by atoms with Crippen LogP contribution in [0.15, 0.2) is 47.6 Å². The molecular weight excluding hydrogens is 343 g/mol. The van der Waals surface area contributed by atoms with Crippen LogP contribution in [0.1, 0.15) is 21.5 Å². The van der Waals surface area contributed by atoms with Crippen molar-refractivity contribution in [3.8, 4) is 5.75 Å². The van der Waals surface area contributed by atoms with Crippen LogP contribution in [0.2, 0.25) is 0 Å². The number of hydrogen-bond acceptors (Lipinski definition) is 5. The van der Waals surface area contributed by atoms with Crippen molar-refractivity contribution in [2.75, 3.05) is 0 Å². The summed E-state index contributed by atoms with van der Waals surface area (Å²) in [5, 5.41) is 23.6. The average molecular weight is 353 g/mol. The lowest BCUT2D eigenvalue weighted by atomic mass is 10.1. The highest BCUT2D eigenvalue weighted by Crippen LogP contribution is 2.36. The Morgan fingerprint density at radius 1 is 1.20 bits per heavy atom. The highest BCUT2D eigenvalue weighted by atomic mass is 19.4. The summed E-state index contributed by atoms with van der Waals surface area (Å²) < 4.78 is 38.0. The first-order chi connectivity index (χ1) is 11.7. The van der Waals surface area contributed by atoms with Gasteiger partial charge in [0.2, 0.25) is 0 Å². The van der Waals surface area contributed by atoms with Crippen LogP contribution in [-0.4, -0.2) is 22.2 Å². The Hall–Kier alpha value is -3.43. The average Bonchev–Trinajstić information content (AvgIpc) is 2.55. The van der Waals surface area contributed by atoms with Gasteiger partial charge in [-0.05, 0) is 24.3 Å². The molecule has 7 nitrogen and oxygen atoms in total. The Labute approximate surface area is 138 Å². The van der Waals surface area contributed by atoms with Gasteiger partial charge in [-0.25, -0.2) is 5.43 Å². The van der Waals surface area contributed by atoms with Gasteiger partial charge in [0.05, 0.1) is 16.7 Å². The minimum absolute atomic E-state index is 0.0658. The smallest absolute Gasteiger partial charge is 0.419 e. The number of phenolic OH excluding ortho intramolecular Hbond substituents is 1. The van der Waals surface area contributed by atoms with E-state index >= 15 is 0 Å². The van der Waals surface area contributed by atoms with Crippen LogP contribution in [0.5, 0.6) is 5.75 Å². The van der Waals surface area contributed by atoms with E-state index in [9.17, 15) is 33.2 Å². The van der Waals surface area contributed by atoms with Gasteiger partial charge in [0, 0.05) is 23.3 Å². The van der Waals surface area contributed by atoms with Crippen molar-refractivity contribution >= 4 is 17.8 Å². The zero-order chi connectivity index (χ0) is 18.6. The molecule has 0 spiro atoms. The first kappa shape index (κ1) is 17.9. The van der Waals surface area contributed by atoms with E-state index in [1.54, 1.807) is 0 Å². The number of rotatable bonds is 4. The number of aromatic hydroxyl groups is 1. The first-order valence-corrected chi connectivity index (χ1v) is 6.67. The zero-order valence-corrected chi connectivity index (χ0v) is 12.3. The van der Waals surface area contributed by atoms with Crippen molar-refractivity contribution in [2.24, 2.45) is 5.10 Å². The first-order valence-electron chi connectivity index (χ1n) is 6.67. The number of nitro benzene ring substituents is 1. The summed E-state index contributed by atoms with van der Waals surface area (Å²) in [6, 6.07) is 7.63. The third-order valence-electron chi connectivity index (χ3n) is 3.08. The summed E-state index contributed by atoms with van der Waals surface area (Å²) in [4.78, 5) is 21.7. The van der Waals surface area contributed by atoms with Gasteiger partial charge in [-0.3, -0.25) is 14.9 Å². The molecule has 0 bridgehead atoms. The number of carbonyl (C=O) groups is 1. The summed E-state index contributed by atoms with van der Waals surface area (Å²) in [5.41, 5.74) is 0.454. The maximum absolute atomic E-state index is 12.7. The molecule has 0 fully saturated rings. The molecule has 2 rings (SSSR count). The number of nitrogens with one attached hydrogen (secondary N) is 1. The normalized spacial score (nSPS) is 11.5. The fourth-order valence-corrected chi connectivity index (χ4v) is 1.85. The van der Waals surface area contributed by atoms with Crippen LogP contribution >= 0.6 is 0 Å². The highest BCUT2D eigenvalue weighted by Gasteiger charge is 2.34. The van der Waals surface area contributed by atoms with E-state index in [4.69, 9.17) is 0 Å². The summed E-state index contributed by atoms with van der Waals surface area (Å²) >= 11 is 0. The molecule has 10 heteroatoms. The molecule has 0 aromatic heterocycles. The summed E-state index contributed by atoms with van der Waals surface area (Å²) in [6.07, 6.45) is -3.87. The number of alkyl halides is 3. The molecule has 0 aliphatic carbocycles. The van der Waals surface area contributed by atoms with Gasteiger partial charge >= 0.3 is 6.18 Å². The predicted octanol–water partition coefficient (Wildman–Crippen LogP) is 3.08. The quantitative estimate of drug-likeness (QED) is 0.500. The molecular formula is C15H10F3N3O4. The molecule has 0 unspecified atom stereocenters. The minimum atomic E-state index is -4.73. The van der Waals surface area contributed by atoms with Crippen molar-refractivity contribution in [3.63, 3.8) is 0 Å². The number of hydrogen-bond donors (Lipinski definition) is 2. The summed E-state index contributed by atoms with van der Waals surface area (Å²) in [5.74, 6) is -1.74. The minimum Gasteiger partial charge on any atom is -0.507 e. The van der Waals surface area contributed by atoms with Gasteiger partial charge in [0.15, 0.2) is 0 Å². The van der Waals surface area contributed by atoms with E-state index in [1.807, 2.05) is 5.43 Å². The number of carbonyl (C=O) groups excluding carboxylic acids is 1. The number of phenols is 1. The molecule has 1 amide bonds. The van der Waals surface area contributed by atoms with Crippen LogP contribution in [0, 0.1) is 10.1 Å². The van der Waals surface area contributed by atoms with Gasteiger partial charge in [-0.1, -0.05) is 6.07 Å². The predicted molar refractivity (Wildman–Crippen MR) is 81.3 cm³/mol. The lowest BCUT2D eigenvalue weighted by Crippen LogP contribution is -2.17. The topological polar surface area (TPSA) is 105 Å². The molecule has 2 N–H and O–H groups in total. The van der Waals surface area contributed by atoms with E-state index in [0.717, 1.165) is 24.4 Å². The summed E-state index contributed by atoms with van der Waals surface area (Å²) in [6.45, 7) is 0. The van der Waals surface area contributed by atoms with Crippen LogP contribution in [-0.2, 0) is 6.18 Å². The lowest BCUT2D eigenvalue weighted by molar-refractivity contribution is -0.384. The Kier molecular flexibility index (Phi) is 5.01. The zero-order valence-electron chi connectivity index (χ0n) is 12.3. The molecule has 0 atom stereocenters. The molecule has 0 saturated heterocycles. The molecule has 2 aromatic rings. The fourth-order valence-electron chi connectivity index (χ4n) is 1.85. The largest absolute Gasteiger partial charge is 0.507 e. The number of amides is 1. The van der Waals surface area contributed by atoms with Crippen molar-refractivity contribution < 1.29 is 28.0 Å². The van der Waals surface area contributed by atoms with E-state index in [2.05, 4.69) is 5.10 Å². The molecule has 0 radical (unpaired) electrons. The number of non-ortho nitro benzene ring substituents is 1. The highest BCUT2D eigenvalue weighted by molar-refractivity contribution is 5.95. The van der Waals surface area contributed by atoms with Gasteiger partial charge in [0.1, 0.15) is 5.75 Å². The number of halogens is 3. The SMILES string of the molecule is O=C(N/N=C/c1cccc(C(F)(F)F)c1O)c1ccc([N+](=O)[O-])cc1. The Balaban J connectivity index is 2.11. The van der Waals surface area contributed by atoms with Crippen LogP contribution in [0.3, 0.4) is 0 Å². The van der Waals surface area contributed by atoms with Crippen molar-refractivity contribution in [3.05, 3.63) is 69.3 Å². The van der Waals surface area contributed by atoms with E-state index < -0.39 is 28.3 Å². The third-order valence-corrected chi connectivity index (χ3v) is 3.08. The molecule has 0 aliphatic rings. The molecule has 25 heavy (non-hydrogen) atoms. The Morgan fingerprint density at radius 2 is 1.84 bits per heavy atom. The monoisotopic (exact) mass is 353 g/mol. The Morgan fingerprint density at radius 3 is 2.40 bits per heavy atom. The molecule has 130 valence electrons. The van der Waals surface area contributed by atoms with Gasteiger partial charge in [-0.2, -0.15) is 18.3 Å². The number of nitro groups is 1. The van der Waals surface area contributed by atoms with Gasteiger partial charge in [-0.15, -0.1) is 0 Å². The van der Waals surface area contributed by atoms with Crippen molar-refractivity contribution in [1.29, 1.82) is 0 Å². The summed E-state index contributed by atoms with van der Waals surface area (Å²) in [7, 11) is 0. The molecule has 0 aliphatic heterocycles. The second-order valence-electron chi connectivity index (χ2n) is 4.74. The lowest BCUT2D eigenvalue weighted by Gasteiger charge is -2.10. The maximum atomic E-state index is 12.7. The van der Waals surface area contributed by atoms with E-state index in [1.165, 1.54) is 18.2 Å². The molecule has 2 aromatic carbocycles. The van der Waals surface area contributed by atoms with E-state index in [0.29, 0.717) is 6.07 Å². The number of para-hydroxylation sites is 1. The van der Waals surface area contributed by atoms with Crippen LogP contribution < -0.4 is 5.43 Å². The number of hydrazone groups is 1. The third kappa shape index (κ3) is 4.31. The Bertz CT molecular complexity index is 833. The number of benzene rings is 2. The van der Waals surface area contributed by atoms with Crippen LogP contribution in [0.25, 0.3) is 0 Å². The second-order valence-corrected chi connectivity index (χ2v) is 4.74. The fraction of sp³-hybridized carbons (Fsp3) is 0.0667. The standard InChI is InChI=1S/C15H10F3N3O4/c16-15(17,18)12-3-1-2-10(13(12)22)8-19-20-14(23)9-4-6-11(7-5-9)21(24)25/h1-8,22H,(H,20,23)/b19-8+.